The van der Waals surface area contributed by atoms with Gasteiger partial charge < -0.3 is 25.2 Å². The summed E-state index contributed by atoms with van der Waals surface area (Å²) in [5, 5.41) is 24.6. The van der Waals surface area contributed by atoms with Crippen molar-refractivity contribution >= 4 is 28.6 Å². The number of phenols is 2. The molecule has 3 aromatic carbocycles. The van der Waals surface area contributed by atoms with Gasteiger partial charge in [0.15, 0.2) is 6.61 Å². The molecule has 0 spiro atoms. The number of aliphatic imine (C=N–C) groups is 1. The minimum Gasteiger partial charge on any atom is -0.507 e. The van der Waals surface area contributed by atoms with E-state index in [1.54, 1.807) is 48.5 Å². The Balaban J connectivity index is 0.00000341. The summed E-state index contributed by atoms with van der Waals surface area (Å²) in [5.74, 6) is 0.417. The van der Waals surface area contributed by atoms with E-state index in [0.29, 0.717) is 23.5 Å². The topological polar surface area (TPSA) is 94.4 Å². The van der Waals surface area contributed by atoms with Gasteiger partial charge in [0.1, 0.15) is 22.9 Å². The molecule has 0 atom stereocenters. The summed E-state index contributed by atoms with van der Waals surface area (Å²) >= 11 is 0. The molecule has 1 amide bonds. The molecular formula is C23H25CuN3O4. The molecule has 0 unspecified atom stereocenters. The number of ether oxygens (including phenoxy) is 1. The summed E-state index contributed by atoms with van der Waals surface area (Å²) in [6.45, 7) is 1.20. The van der Waals surface area contributed by atoms with Gasteiger partial charge in [0.25, 0.3) is 5.91 Å². The summed E-state index contributed by atoms with van der Waals surface area (Å²) in [5.41, 5.74) is 0.896. The molecular weight excluding hydrogens is 446 g/mol. The van der Waals surface area contributed by atoms with Gasteiger partial charge in [-0.3, -0.25) is 9.79 Å². The third kappa shape index (κ3) is 6.72. The molecule has 0 heterocycles. The molecule has 3 N–H and O–H groups in total. The molecule has 8 heteroatoms. The maximum Gasteiger partial charge on any atom is 0.257 e. The molecule has 0 aliphatic carbocycles. The van der Waals surface area contributed by atoms with Crippen molar-refractivity contribution in [2.75, 3.05) is 33.8 Å². The van der Waals surface area contributed by atoms with Gasteiger partial charge in [0.2, 0.25) is 0 Å². The van der Waals surface area contributed by atoms with Gasteiger partial charge in [-0.25, -0.2) is 0 Å². The van der Waals surface area contributed by atoms with Gasteiger partial charge in [-0.1, -0.05) is 24.3 Å². The van der Waals surface area contributed by atoms with E-state index in [1.807, 2.05) is 25.1 Å². The molecule has 0 aliphatic heterocycles. The van der Waals surface area contributed by atoms with Gasteiger partial charge in [0, 0.05) is 41.9 Å². The fourth-order valence-electron chi connectivity index (χ4n) is 2.86. The predicted octanol–water partition coefficient (Wildman–Crippen LogP) is 3.06. The number of rotatable bonds is 8. The van der Waals surface area contributed by atoms with Crippen molar-refractivity contribution in [2.24, 2.45) is 4.99 Å². The van der Waals surface area contributed by atoms with E-state index in [2.05, 4.69) is 10.3 Å². The quantitative estimate of drug-likeness (QED) is 0.347. The van der Waals surface area contributed by atoms with Crippen molar-refractivity contribution in [2.45, 2.75) is 0 Å². The fourth-order valence-corrected chi connectivity index (χ4v) is 2.86. The maximum atomic E-state index is 11.9. The number of benzene rings is 3. The zero-order chi connectivity index (χ0) is 21.5. The van der Waals surface area contributed by atoms with E-state index in [-0.39, 0.29) is 41.1 Å². The summed E-state index contributed by atoms with van der Waals surface area (Å²) < 4.78 is 5.62. The smallest absolute Gasteiger partial charge is 0.257 e. The molecule has 0 aliphatic rings. The third-order valence-corrected chi connectivity index (χ3v) is 4.48. The Kier molecular flexibility index (Phi) is 8.87. The first-order chi connectivity index (χ1) is 14.4. The second kappa shape index (κ2) is 11.4. The number of nitrogens with one attached hydrogen (secondary N) is 1. The standard InChI is InChI=1S/C23H25N3O4.Cu/c1-26(2)12-11-24-23(29)15-30-17-9-7-16-8-10-21(27)19(18(16)13-17)14-25-20-5-3-4-6-22(20)28;/h3-10,13-14,27-28H,11-12,15H2,1-2H3,(H,24,29);. The molecule has 1 radical (unpaired) electrons. The predicted molar refractivity (Wildman–Crippen MR) is 118 cm³/mol. The number of carbonyl (C=O) groups is 1. The maximum absolute atomic E-state index is 11.9. The molecule has 31 heavy (non-hydrogen) atoms. The number of fused-ring (bicyclic) bond motifs is 1. The first kappa shape index (κ1) is 24.2. The van der Waals surface area contributed by atoms with Crippen molar-refractivity contribution in [1.82, 2.24) is 10.2 Å². The van der Waals surface area contributed by atoms with E-state index in [4.69, 9.17) is 4.74 Å². The van der Waals surface area contributed by atoms with Crippen LogP contribution < -0.4 is 10.1 Å². The average Bonchev–Trinajstić information content (AvgIpc) is 2.72. The van der Waals surface area contributed by atoms with Crippen LogP contribution in [-0.2, 0) is 21.9 Å². The Hall–Kier alpha value is -3.06. The Morgan fingerprint density at radius 3 is 2.58 bits per heavy atom. The number of aromatic hydroxyl groups is 2. The van der Waals surface area contributed by atoms with Crippen LogP contribution in [0.3, 0.4) is 0 Å². The average molecular weight is 471 g/mol. The van der Waals surface area contributed by atoms with E-state index in [9.17, 15) is 15.0 Å². The van der Waals surface area contributed by atoms with Crippen molar-refractivity contribution in [3.63, 3.8) is 0 Å². The van der Waals surface area contributed by atoms with Gasteiger partial charge in [0.05, 0.1) is 0 Å². The second-order valence-electron chi connectivity index (χ2n) is 7.07. The summed E-state index contributed by atoms with van der Waals surface area (Å²) in [7, 11) is 3.88. The van der Waals surface area contributed by atoms with Crippen molar-refractivity contribution in [3.8, 4) is 17.2 Å². The van der Waals surface area contributed by atoms with Crippen LogP contribution in [0.5, 0.6) is 17.2 Å². The van der Waals surface area contributed by atoms with Crippen molar-refractivity contribution < 1.29 is 36.8 Å². The molecule has 0 saturated carbocycles. The Bertz CT molecular complexity index is 1070. The summed E-state index contributed by atoms with van der Waals surface area (Å²) in [6.07, 6.45) is 1.50. The Morgan fingerprint density at radius 1 is 1.10 bits per heavy atom. The molecule has 0 fully saturated rings. The Labute approximate surface area is 191 Å². The van der Waals surface area contributed by atoms with Crippen LogP contribution in [-0.4, -0.2) is 61.0 Å². The second-order valence-corrected chi connectivity index (χ2v) is 7.07. The van der Waals surface area contributed by atoms with Gasteiger partial charge in [-0.15, -0.1) is 0 Å². The minimum absolute atomic E-state index is 0. The van der Waals surface area contributed by atoms with Gasteiger partial charge in [-0.05, 0) is 55.2 Å². The number of amides is 1. The van der Waals surface area contributed by atoms with Crippen molar-refractivity contribution in [1.29, 1.82) is 0 Å². The minimum atomic E-state index is -0.200. The van der Waals surface area contributed by atoms with Crippen LogP contribution in [0.1, 0.15) is 5.56 Å². The molecule has 3 rings (SSSR count). The van der Waals surface area contributed by atoms with Gasteiger partial charge >= 0.3 is 0 Å². The van der Waals surface area contributed by atoms with Crippen LogP contribution in [0.4, 0.5) is 5.69 Å². The molecule has 7 nitrogen and oxygen atoms in total. The zero-order valence-corrected chi connectivity index (χ0v) is 18.2. The third-order valence-electron chi connectivity index (χ3n) is 4.48. The summed E-state index contributed by atoms with van der Waals surface area (Å²) in [4.78, 5) is 18.2. The van der Waals surface area contributed by atoms with Crippen LogP contribution in [0.15, 0.2) is 59.6 Å². The zero-order valence-electron chi connectivity index (χ0n) is 17.3. The number of likely N-dealkylation sites (N-methyl/N-ethyl adjacent to an activating group) is 1. The van der Waals surface area contributed by atoms with Crippen molar-refractivity contribution in [3.05, 3.63) is 60.2 Å². The monoisotopic (exact) mass is 470 g/mol. The van der Waals surface area contributed by atoms with Crippen LogP contribution in [0.2, 0.25) is 0 Å². The van der Waals surface area contributed by atoms with Crippen LogP contribution >= 0.6 is 0 Å². The van der Waals surface area contributed by atoms with Gasteiger partial charge in [-0.2, -0.15) is 0 Å². The molecule has 0 bridgehead atoms. The van der Waals surface area contributed by atoms with E-state index in [1.165, 1.54) is 6.21 Å². The number of para-hydroxylation sites is 2. The number of phenolic OH excluding ortho intramolecular Hbond substituents is 2. The molecule has 3 aromatic rings. The van der Waals surface area contributed by atoms with E-state index in [0.717, 1.165) is 17.3 Å². The van der Waals surface area contributed by atoms with E-state index < -0.39 is 0 Å². The van der Waals surface area contributed by atoms with Crippen LogP contribution in [0, 0.1) is 0 Å². The molecule has 0 saturated heterocycles. The number of nitrogens with zero attached hydrogens (tertiary/aromatic N) is 2. The first-order valence-corrected chi connectivity index (χ1v) is 9.56. The van der Waals surface area contributed by atoms with Crippen LogP contribution in [0.25, 0.3) is 10.8 Å². The Morgan fingerprint density at radius 2 is 1.84 bits per heavy atom. The molecule has 0 aromatic heterocycles. The number of carbonyl (C=O) groups excluding carboxylic acids is 1. The number of hydrogen-bond donors (Lipinski definition) is 3. The fraction of sp³-hybridized carbons (Fsp3) is 0.217. The van der Waals surface area contributed by atoms with E-state index >= 15 is 0 Å². The SMILES string of the molecule is CN(C)CCNC(=O)COc1ccc2ccc(O)c(C=Nc3ccccc3O)c2c1.[Cu]. The summed E-state index contributed by atoms with van der Waals surface area (Å²) in [6, 6.07) is 15.5. The normalized spacial score (nSPS) is 10.9. The first-order valence-electron chi connectivity index (χ1n) is 9.56. The molecule has 167 valence electrons. The number of hydrogen-bond acceptors (Lipinski definition) is 6. The largest absolute Gasteiger partial charge is 0.507 e.